The lowest BCUT2D eigenvalue weighted by atomic mass is 9.77. The van der Waals surface area contributed by atoms with Crippen molar-refractivity contribution in [2.75, 3.05) is 14.1 Å². The molecule has 9 nitrogen and oxygen atoms in total. The summed E-state index contributed by atoms with van der Waals surface area (Å²) in [6.07, 6.45) is -18.3. The van der Waals surface area contributed by atoms with Gasteiger partial charge in [0.25, 0.3) is 0 Å². The van der Waals surface area contributed by atoms with Crippen LogP contribution < -0.4 is 30.7 Å². The van der Waals surface area contributed by atoms with Crippen molar-refractivity contribution in [2.45, 2.75) is 164 Å². The first-order valence-corrected chi connectivity index (χ1v) is 29.2. The van der Waals surface area contributed by atoms with Gasteiger partial charge in [-0.25, -0.2) is 27.2 Å². The smallest absolute Gasteiger partial charge is 0.428 e. The summed E-state index contributed by atoms with van der Waals surface area (Å²) in [6, 6.07) is 21.9. The zero-order chi connectivity index (χ0) is 67.4. The van der Waals surface area contributed by atoms with Crippen molar-refractivity contribution in [1.29, 1.82) is 0 Å². The van der Waals surface area contributed by atoms with Crippen molar-refractivity contribution in [3.63, 3.8) is 0 Å². The molecule has 3 fully saturated rings. The monoisotopic (exact) mass is 1340 g/mol. The summed E-state index contributed by atoms with van der Waals surface area (Å²) in [5.41, 5.74) is -8.55. The lowest BCUT2D eigenvalue weighted by Gasteiger charge is -2.39. The SMILES string of the molecule is C.CN(C(=O)N[C@@](Cc1ccccc1)(c1cc(F)cc(OC(F)(F)C(F)F)c1)c1ccc(F)c(C(F)(F)F)c1)C1CCCC1.CNC1CCCC1.O=C(NC1CCCC1)N[C@@](Cc1ccccc1)(c1cc(F)cc(OC(F)(F)C(F)F)c1)c1ccc(F)c(C(F)(F)F)c1. The molecule has 3 aliphatic carbocycles. The maximum Gasteiger partial charge on any atom is 0.461 e. The summed E-state index contributed by atoms with van der Waals surface area (Å²) in [4.78, 5) is 28.4. The number of carbonyl (C=O) groups excluding carboxylic acids is 2. The molecule has 93 heavy (non-hydrogen) atoms. The minimum Gasteiger partial charge on any atom is -0.428 e. The largest absolute Gasteiger partial charge is 0.461 e. The molecule has 4 amide bonds. The lowest BCUT2D eigenvalue weighted by molar-refractivity contribution is -0.253. The number of ether oxygens (including phenoxy) is 2. The fourth-order valence-electron chi connectivity index (χ4n) is 11.5. The number of nitrogens with one attached hydrogen (secondary N) is 4. The number of alkyl halides is 14. The molecule has 3 saturated carbocycles. The van der Waals surface area contributed by atoms with E-state index in [2.05, 4.69) is 37.8 Å². The van der Waals surface area contributed by atoms with E-state index in [0.717, 1.165) is 68.1 Å². The maximum atomic E-state index is 15.0. The van der Waals surface area contributed by atoms with Crippen LogP contribution in [0.1, 0.15) is 129 Å². The van der Waals surface area contributed by atoms with E-state index in [0.29, 0.717) is 73.2 Å². The van der Waals surface area contributed by atoms with Crippen molar-refractivity contribution in [3.8, 4) is 11.5 Å². The molecule has 0 heterocycles. The molecule has 9 rings (SSSR count). The van der Waals surface area contributed by atoms with E-state index < -0.39 is 118 Å². The molecule has 0 aromatic heterocycles. The number of amides is 4. The predicted molar refractivity (Wildman–Crippen MR) is 311 cm³/mol. The number of benzene rings is 6. The first-order valence-electron chi connectivity index (χ1n) is 29.2. The highest BCUT2D eigenvalue weighted by Gasteiger charge is 2.48. The molecule has 2 atom stereocenters. The van der Waals surface area contributed by atoms with Crippen LogP contribution in [-0.4, -0.2) is 74.3 Å². The number of nitrogens with zero attached hydrogens (tertiary/aromatic N) is 1. The Labute approximate surface area is 525 Å². The molecular weight excluding hydrogens is 1270 g/mol. The quantitative estimate of drug-likeness (QED) is 0.0605. The van der Waals surface area contributed by atoms with E-state index in [1.54, 1.807) is 60.7 Å². The molecule has 4 N–H and O–H groups in total. The van der Waals surface area contributed by atoms with Crippen LogP contribution in [0.25, 0.3) is 0 Å². The van der Waals surface area contributed by atoms with Crippen LogP contribution in [0.3, 0.4) is 0 Å². The average molecular weight is 1340 g/mol. The second kappa shape index (κ2) is 31.4. The van der Waals surface area contributed by atoms with Crippen molar-refractivity contribution in [3.05, 3.63) is 201 Å². The van der Waals surface area contributed by atoms with Gasteiger partial charge in [0.1, 0.15) is 34.8 Å². The number of urea groups is 2. The van der Waals surface area contributed by atoms with Crippen LogP contribution in [-0.2, 0) is 36.3 Å². The molecular formula is C66H69F18N5O4. The Morgan fingerprint density at radius 3 is 1.24 bits per heavy atom. The standard InChI is InChI=1S/C30H27F9N2O2.C29H25F9N2O2.C6H13N.CH4/c1-41(22-9-5-6-10-22)27(42)40-28(17-18-7-3-2-4-8-18,19-11-12-25(32)24(15-19)29(35,36)37)20-13-21(31)16-23(14-20)43-30(38,39)26(33)34;30-20-12-19(13-22(15-20)42-29(37,38)25(32)33)27(16-17-6-2-1-3-7-17,40-26(41)39-21-8-4-5-9-21)18-10-11-24(31)23(14-18)28(34,35)36;1-7-6-4-2-3-5-6;/h2-4,7-8,11-16,22,26H,5-6,9-10,17H2,1H3,(H,40,42);1-3,6-7,10-15,21,25H,4-5,8-9,16H2,(H2,39,40,41);6-7H,2-5H2,1H3;1H4/t28-;27-;;/m11../s1. The van der Waals surface area contributed by atoms with Crippen LogP contribution >= 0.6 is 0 Å². The highest BCUT2D eigenvalue weighted by atomic mass is 19.4. The summed E-state index contributed by atoms with van der Waals surface area (Å²) < 4.78 is 257. The number of hydrogen-bond acceptors (Lipinski definition) is 5. The van der Waals surface area contributed by atoms with Gasteiger partial charge in [0.05, 0.1) is 22.2 Å². The van der Waals surface area contributed by atoms with Crippen molar-refractivity contribution in [2.24, 2.45) is 0 Å². The van der Waals surface area contributed by atoms with Gasteiger partial charge in [0.15, 0.2) is 0 Å². The first kappa shape index (κ1) is 74.2. The van der Waals surface area contributed by atoms with Crippen LogP contribution in [0.5, 0.6) is 11.5 Å². The first-order chi connectivity index (χ1) is 43.2. The number of halogens is 18. The van der Waals surface area contributed by atoms with Gasteiger partial charge in [-0.2, -0.15) is 61.5 Å². The Hall–Kier alpha value is -7.84. The molecule has 27 heteroatoms. The fourth-order valence-corrected chi connectivity index (χ4v) is 11.5. The number of hydrogen-bond donors (Lipinski definition) is 4. The van der Waals surface area contributed by atoms with Crippen LogP contribution in [0.2, 0.25) is 0 Å². The van der Waals surface area contributed by atoms with Gasteiger partial charge in [-0.1, -0.05) is 119 Å². The van der Waals surface area contributed by atoms with E-state index in [1.165, 1.54) is 37.6 Å². The highest BCUT2D eigenvalue weighted by Crippen LogP contribution is 2.44. The van der Waals surface area contributed by atoms with Gasteiger partial charge in [-0.15, -0.1) is 0 Å². The predicted octanol–water partition coefficient (Wildman–Crippen LogP) is 18.0. The fraction of sp³-hybridized carbons (Fsp3) is 0.424. The van der Waals surface area contributed by atoms with Crippen LogP contribution in [0.4, 0.5) is 88.6 Å². The zero-order valence-corrected chi connectivity index (χ0v) is 49.4. The number of carbonyl (C=O) groups is 2. The molecule has 0 spiro atoms. The molecule has 508 valence electrons. The summed E-state index contributed by atoms with van der Waals surface area (Å²) in [6.45, 7) is 0. The third-order valence-corrected chi connectivity index (χ3v) is 16.2. The normalized spacial score (nSPS) is 16.2. The van der Waals surface area contributed by atoms with E-state index in [-0.39, 0.29) is 43.5 Å². The van der Waals surface area contributed by atoms with Gasteiger partial charge in [-0.3, -0.25) is 0 Å². The molecule has 0 saturated heterocycles. The third kappa shape index (κ3) is 19.4. The van der Waals surface area contributed by atoms with Crippen molar-refractivity contribution in [1.82, 2.24) is 26.2 Å². The van der Waals surface area contributed by atoms with Gasteiger partial charge < -0.3 is 35.6 Å². The molecule has 0 aliphatic heterocycles. The Kier molecular flexibility index (Phi) is 25.0. The molecule has 0 bridgehead atoms. The van der Waals surface area contributed by atoms with E-state index in [4.69, 9.17) is 0 Å². The summed E-state index contributed by atoms with van der Waals surface area (Å²) in [5.74, 6) is -7.96. The van der Waals surface area contributed by atoms with E-state index >= 15 is 0 Å². The van der Waals surface area contributed by atoms with E-state index in [9.17, 15) is 88.6 Å². The van der Waals surface area contributed by atoms with Crippen LogP contribution in [0.15, 0.2) is 133 Å². The summed E-state index contributed by atoms with van der Waals surface area (Å²) >= 11 is 0. The molecule has 0 radical (unpaired) electrons. The molecule has 6 aromatic carbocycles. The number of rotatable bonds is 19. The minimum absolute atomic E-state index is 0. The third-order valence-electron chi connectivity index (χ3n) is 16.2. The summed E-state index contributed by atoms with van der Waals surface area (Å²) in [7, 11) is 3.52. The van der Waals surface area contributed by atoms with Crippen LogP contribution in [0, 0.1) is 23.3 Å². The lowest BCUT2D eigenvalue weighted by Crippen LogP contribution is -2.54. The minimum atomic E-state index is -5.18. The molecule has 6 aromatic rings. The zero-order valence-electron chi connectivity index (χ0n) is 49.4. The molecule has 0 unspecified atom stereocenters. The van der Waals surface area contributed by atoms with Crippen molar-refractivity contribution >= 4 is 12.1 Å². The molecule has 3 aliphatic rings. The second-order valence-corrected chi connectivity index (χ2v) is 22.6. The topological polar surface area (TPSA) is 104 Å². The summed E-state index contributed by atoms with van der Waals surface area (Å²) in [5, 5.41) is 11.2. The van der Waals surface area contributed by atoms with Crippen molar-refractivity contribution < 1.29 is 98.1 Å². The van der Waals surface area contributed by atoms with Gasteiger partial charge >= 0.3 is 49.5 Å². The van der Waals surface area contributed by atoms with E-state index in [1.807, 2.05) is 0 Å². The highest BCUT2D eigenvalue weighted by molar-refractivity contribution is 5.77. The van der Waals surface area contributed by atoms with Gasteiger partial charge in [0.2, 0.25) is 0 Å². The Morgan fingerprint density at radius 1 is 0.495 bits per heavy atom. The van der Waals surface area contributed by atoms with Gasteiger partial charge in [0, 0.05) is 50.1 Å². The average Bonchev–Trinajstić information content (AvgIpc) is 1.22. The maximum absolute atomic E-state index is 15.0. The van der Waals surface area contributed by atoms with Gasteiger partial charge in [-0.05, 0) is 127 Å². The second-order valence-electron chi connectivity index (χ2n) is 22.6. The Balaban J connectivity index is 0.000000264. The Bertz CT molecular complexity index is 3400. The Morgan fingerprint density at radius 2 is 0.871 bits per heavy atom.